The molecule has 1 spiro atoms. The Labute approximate surface area is 165 Å². The van der Waals surface area contributed by atoms with Crippen molar-refractivity contribution in [1.82, 2.24) is 9.88 Å². The number of likely N-dealkylation sites (tertiary alicyclic amines) is 1. The predicted octanol–water partition coefficient (Wildman–Crippen LogP) is 5.60. The second-order valence-corrected chi connectivity index (χ2v) is 9.55. The lowest BCUT2D eigenvalue weighted by Crippen LogP contribution is -2.41. The standard InChI is InChI=1S/C24H26N2S/c1-18-4-6-22(27-18)17-26-13-10-24(11-14-26)9-8-20-15-19(5-7-23(20)24)21-3-2-12-25-16-21/h2-7,12,15-16H,8-11,13-14,17H2,1H3. The highest BCUT2D eigenvalue weighted by molar-refractivity contribution is 7.11. The second kappa shape index (κ2) is 6.88. The molecule has 0 unspecified atom stereocenters. The minimum Gasteiger partial charge on any atom is -0.298 e. The summed E-state index contributed by atoms with van der Waals surface area (Å²) in [4.78, 5) is 9.86. The average molecular weight is 375 g/mol. The van der Waals surface area contributed by atoms with Crippen LogP contribution in [0.15, 0.2) is 54.9 Å². The summed E-state index contributed by atoms with van der Waals surface area (Å²) in [5.41, 5.74) is 6.15. The number of pyridine rings is 1. The molecule has 0 bridgehead atoms. The van der Waals surface area contributed by atoms with Crippen LogP contribution in [0.1, 0.15) is 40.1 Å². The van der Waals surface area contributed by atoms with Gasteiger partial charge in [0.2, 0.25) is 0 Å². The molecule has 1 aromatic carbocycles. The van der Waals surface area contributed by atoms with Crippen molar-refractivity contribution in [2.45, 2.75) is 44.6 Å². The summed E-state index contributed by atoms with van der Waals surface area (Å²) in [6.07, 6.45) is 8.97. The van der Waals surface area contributed by atoms with Crippen LogP contribution in [-0.4, -0.2) is 23.0 Å². The Kier molecular flexibility index (Phi) is 4.37. The molecule has 0 amide bonds. The van der Waals surface area contributed by atoms with E-state index >= 15 is 0 Å². The Morgan fingerprint density at radius 2 is 1.93 bits per heavy atom. The molecule has 3 heterocycles. The maximum atomic E-state index is 4.28. The molecule has 0 saturated carbocycles. The first kappa shape index (κ1) is 17.2. The van der Waals surface area contributed by atoms with Crippen LogP contribution in [0, 0.1) is 6.92 Å². The number of thiophene rings is 1. The summed E-state index contributed by atoms with van der Waals surface area (Å²) in [5, 5.41) is 0. The van der Waals surface area contributed by atoms with E-state index in [1.165, 1.54) is 59.7 Å². The van der Waals surface area contributed by atoms with Gasteiger partial charge in [0, 0.05) is 28.7 Å². The third kappa shape index (κ3) is 3.24. The summed E-state index contributed by atoms with van der Waals surface area (Å²) in [6.45, 7) is 5.78. The zero-order chi connectivity index (χ0) is 18.3. The van der Waals surface area contributed by atoms with Gasteiger partial charge in [-0.1, -0.05) is 24.3 Å². The first-order valence-corrected chi connectivity index (χ1v) is 10.9. The Balaban J connectivity index is 1.32. The van der Waals surface area contributed by atoms with Crippen LogP contribution in [0.2, 0.25) is 0 Å². The molecule has 2 aromatic heterocycles. The number of aromatic nitrogens is 1. The van der Waals surface area contributed by atoms with Crippen molar-refractivity contribution in [3.05, 3.63) is 75.7 Å². The Morgan fingerprint density at radius 1 is 1.04 bits per heavy atom. The van der Waals surface area contributed by atoms with Gasteiger partial charge in [0.1, 0.15) is 0 Å². The number of rotatable bonds is 3. The fraction of sp³-hybridized carbons (Fsp3) is 0.375. The van der Waals surface area contributed by atoms with Crippen molar-refractivity contribution in [1.29, 1.82) is 0 Å². The van der Waals surface area contributed by atoms with Gasteiger partial charge >= 0.3 is 0 Å². The Hall–Kier alpha value is -1.97. The topological polar surface area (TPSA) is 16.1 Å². The first-order chi connectivity index (χ1) is 13.2. The fourth-order valence-corrected chi connectivity index (χ4v) is 5.92. The molecule has 0 atom stereocenters. The molecular weight excluding hydrogens is 348 g/mol. The van der Waals surface area contributed by atoms with E-state index in [1.54, 1.807) is 11.1 Å². The normalized spacial score (nSPS) is 18.7. The maximum absolute atomic E-state index is 4.28. The van der Waals surface area contributed by atoms with Crippen LogP contribution in [-0.2, 0) is 18.4 Å². The van der Waals surface area contributed by atoms with Crippen LogP contribution >= 0.6 is 11.3 Å². The van der Waals surface area contributed by atoms with Crippen molar-refractivity contribution < 1.29 is 0 Å². The highest BCUT2D eigenvalue weighted by atomic mass is 32.1. The van der Waals surface area contributed by atoms with E-state index in [0.29, 0.717) is 5.41 Å². The van der Waals surface area contributed by atoms with Gasteiger partial charge in [0.05, 0.1) is 0 Å². The van der Waals surface area contributed by atoms with Crippen LogP contribution in [0.3, 0.4) is 0 Å². The van der Waals surface area contributed by atoms with Crippen LogP contribution in [0.5, 0.6) is 0 Å². The molecule has 0 radical (unpaired) electrons. The third-order valence-electron chi connectivity index (χ3n) is 6.53. The number of fused-ring (bicyclic) bond motifs is 2. The molecule has 1 fully saturated rings. The summed E-state index contributed by atoms with van der Waals surface area (Å²) in [7, 11) is 0. The van der Waals surface area contributed by atoms with Gasteiger partial charge in [-0.15, -0.1) is 11.3 Å². The summed E-state index contributed by atoms with van der Waals surface area (Å²) >= 11 is 1.95. The van der Waals surface area contributed by atoms with Crippen molar-refractivity contribution >= 4 is 11.3 Å². The lowest BCUT2D eigenvalue weighted by molar-refractivity contribution is 0.153. The summed E-state index contributed by atoms with van der Waals surface area (Å²) in [6, 6.07) is 15.9. The minimum absolute atomic E-state index is 0.421. The van der Waals surface area contributed by atoms with E-state index in [0.717, 1.165) is 6.54 Å². The smallest absolute Gasteiger partial charge is 0.0346 e. The van der Waals surface area contributed by atoms with Crippen molar-refractivity contribution in [3.63, 3.8) is 0 Å². The van der Waals surface area contributed by atoms with E-state index in [4.69, 9.17) is 0 Å². The van der Waals surface area contributed by atoms with E-state index in [1.807, 2.05) is 29.8 Å². The van der Waals surface area contributed by atoms with Gasteiger partial charge in [-0.25, -0.2) is 0 Å². The molecule has 27 heavy (non-hydrogen) atoms. The molecule has 2 nitrogen and oxygen atoms in total. The van der Waals surface area contributed by atoms with E-state index in [-0.39, 0.29) is 0 Å². The second-order valence-electron chi connectivity index (χ2n) is 8.18. The van der Waals surface area contributed by atoms with E-state index in [2.05, 4.69) is 53.2 Å². The van der Waals surface area contributed by atoms with Crippen LogP contribution in [0.4, 0.5) is 0 Å². The van der Waals surface area contributed by atoms with Crippen LogP contribution < -0.4 is 0 Å². The molecule has 0 N–H and O–H groups in total. The molecule has 3 aromatic rings. The third-order valence-corrected chi connectivity index (χ3v) is 7.52. The molecule has 1 saturated heterocycles. The van der Waals surface area contributed by atoms with Gasteiger partial charge in [0.25, 0.3) is 0 Å². The van der Waals surface area contributed by atoms with E-state index in [9.17, 15) is 0 Å². The monoisotopic (exact) mass is 374 g/mol. The van der Waals surface area contributed by atoms with Crippen LogP contribution in [0.25, 0.3) is 11.1 Å². The van der Waals surface area contributed by atoms with Crippen molar-refractivity contribution in [3.8, 4) is 11.1 Å². The quantitative estimate of drug-likeness (QED) is 0.593. The number of benzene rings is 1. The first-order valence-electron chi connectivity index (χ1n) is 10.0. The lowest BCUT2D eigenvalue weighted by Gasteiger charge is -2.40. The Morgan fingerprint density at radius 3 is 2.67 bits per heavy atom. The molecule has 3 heteroatoms. The zero-order valence-electron chi connectivity index (χ0n) is 15.9. The number of nitrogens with zero attached hydrogens (tertiary/aromatic N) is 2. The summed E-state index contributed by atoms with van der Waals surface area (Å²) < 4.78 is 0. The number of hydrogen-bond acceptors (Lipinski definition) is 3. The maximum Gasteiger partial charge on any atom is 0.0346 e. The SMILES string of the molecule is Cc1ccc(CN2CCC3(CCc4cc(-c5cccnc5)ccc43)CC2)s1. The van der Waals surface area contributed by atoms with Gasteiger partial charge in [-0.2, -0.15) is 0 Å². The predicted molar refractivity (Wildman–Crippen MR) is 113 cm³/mol. The Bertz CT molecular complexity index is 936. The minimum atomic E-state index is 0.421. The highest BCUT2D eigenvalue weighted by Gasteiger charge is 2.41. The van der Waals surface area contributed by atoms with Gasteiger partial charge in [0.15, 0.2) is 0 Å². The fourth-order valence-electron chi connectivity index (χ4n) is 4.99. The average Bonchev–Trinajstić information content (AvgIpc) is 3.28. The number of aryl methyl sites for hydroxylation is 2. The van der Waals surface area contributed by atoms with E-state index < -0.39 is 0 Å². The molecule has 2 aliphatic rings. The zero-order valence-corrected chi connectivity index (χ0v) is 16.8. The van der Waals surface area contributed by atoms with Gasteiger partial charge < -0.3 is 0 Å². The number of piperidine rings is 1. The molecule has 1 aliphatic heterocycles. The summed E-state index contributed by atoms with van der Waals surface area (Å²) in [5.74, 6) is 0. The van der Waals surface area contributed by atoms with Gasteiger partial charge in [-0.3, -0.25) is 9.88 Å². The van der Waals surface area contributed by atoms with Gasteiger partial charge in [-0.05, 0) is 91.6 Å². The largest absolute Gasteiger partial charge is 0.298 e. The lowest BCUT2D eigenvalue weighted by atomic mass is 9.73. The highest BCUT2D eigenvalue weighted by Crippen LogP contribution is 2.47. The molecular formula is C24H26N2S. The number of hydrogen-bond donors (Lipinski definition) is 0. The van der Waals surface area contributed by atoms with Crippen molar-refractivity contribution in [2.24, 2.45) is 0 Å². The molecule has 1 aliphatic carbocycles. The van der Waals surface area contributed by atoms with Crippen molar-refractivity contribution in [2.75, 3.05) is 13.1 Å². The molecule has 5 rings (SSSR count). The molecule has 138 valence electrons.